The normalized spacial score (nSPS) is 15.2. The number of nitrogens with one attached hydrogen (secondary N) is 1. The van der Waals surface area contributed by atoms with Crippen LogP contribution in [0.3, 0.4) is 0 Å². The molecular weight excluding hydrogens is 322 g/mol. The van der Waals surface area contributed by atoms with E-state index < -0.39 is 0 Å². The lowest BCUT2D eigenvalue weighted by atomic mass is 9.95. The number of hydrogen-bond donors (Lipinski definition) is 4. The Morgan fingerprint density at radius 2 is 1.84 bits per heavy atom. The van der Waals surface area contributed by atoms with E-state index in [1.807, 2.05) is 25.7 Å². The first kappa shape index (κ1) is 17.3. The number of H-pyrrole nitrogens is 1. The summed E-state index contributed by atoms with van der Waals surface area (Å²) in [5.41, 5.74) is 1.64. The smallest absolute Gasteiger partial charge is 0.254 e. The van der Waals surface area contributed by atoms with Gasteiger partial charge in [-0.15, -0.1) is 0 Å². The molecule has 0 spiro atoms. The molecule has 1 aromatic heterocycles. The van der Waals surface area contributed by atoms with Crippen molar-refractivity contribution >= 4 is 0 Å². The fourth-order valence-corrected chi connectivity index (χ4v) is 2.96. The molecule has 0 saturated heterocycles. The van der Waals surface area contributed by atoms with E-state index in [0.717, 1.165) is 11.8 Å². The van der Waals surface area contributed by atoms with Crippen LogP contribution in [-0.2, 0) is 24.9 Å². The minimum atomic E-state index is -0.353. The molecule has 0 radical (unpaired) electrons. The number of phenols is 3. The fourth-order valence-electron chi connectivity index (χ4n) is 2.96. The molecule has 4 N–H and O–H groups in total. The lowest BCUT2D eigenvalue weighted by Gasteiger charge is -2.29. The van der Waals surface area contributed by atoms with Crippen molar-refractivity contribution in [3.63, 3.8) is 0 Å². The third kappa shape index (κ3) is 3.46. The fraction of sp³-hybridized carbons (Fsp3) is 0.444. The van der Waals surface area contributed by atoms with Gasteiger partial charge in [0, 0.05) is 42.2 Å². The Bertz CT molecular complexity index is 868. The molecule has 1 aliphatic rings. The minimum Gasteiger partial charge on any atom is -0.507 e. The van der Waals surface area contributed by atoms with Crippen molar-refractivity contribution in [2.45, 2.75) is 45.7 Å². The third-order valence-corrected chi connectivity index (χ3v) is 4.43. The molecule has 0 atom stereocenters. The maximum atomic E-state index is 12.3. The number of phenolic OH excluding ortho intramolecular Hbond substituents is 3. The molecular formula is C18H23N3O4. The number of benzene rings is 1. The maximum absolute atomic E-state index is 12.3. The van der Waals surface area contributed by atoms with Crippen LogP contribution in [0, 0.1) is 0 Å². The molecule has 0 unspecified atom stereocenters. The topological polar surface area (TPSA) is 110 Å². The van der Waals surface area contributed by atoms with E-state index >= 15 is 0 Å². The molecule has 2 aromatic rings. The highest BCUT2D eigenvalue weighted by Gasteiger charge is 2.25. The molecule has 25 heavy (non-hydrogen) atoms. The summed E-state index contributed by atoms with van der Waals surface area (Å²) in [6.45, 7) is 7.51. The van der Waals surface area contributed by atoms with Crippen LogP contribution in [0.25, 0.3) is 0 Å². The first-order chi connectivity index (χ1) is 11.6. The summed E-state index contributed by atoms with van der Waals surface area (Å²) in [5, 5.41) is 29.0. The highest BCUT2D eigenvalue weighted by molar-refractivity contribution is 5.48. The summed E-state index contributed by atoms with van der Waals surface area (Å²) in [5.74, 6) is -0.0402. The Labute approximate surface area is 145 Å². The van der Waals surface area contributed by atoms with Gasteiger partial charge in [0.05, 0.1) is 5.69 Å². The summed E-state index contributed by atoms with van der Waals surface area (Å²) in [6.07, 6.45) is 0.576. The quantitative estimate of drug-likeness (QED) is 0.488. The van der Waals surface area contributed by atoms with Gasteiger partial charge in [-0.25, -0.2) is 4.98 Å². The van der Waals surface area contributed by atoms with E-state index in [4.69, 9.17) is 0 Å². The second-order valence-electron chi connectivity index (χ2n) is 7.52. The van der Waals surface area contributed by atoms with Crippen LogP contribution < -0.4 is 5.56 Å². The van der Waals surface area contributed by atoms with Gasteiger partial charge in [0.1, 0.15) is 11.6 Å². The summed E-state index contributed by atoms with van der Waals surface area (Å²) in [6, 6.07) is 2.48. The predicted molar refractivity (Wildman–Crippen MR) is 92.8 cm³/mol. The number of aromatic nitrogens is 2. The zero-order valence-electron chi connectivity index (χ0n) is 14.6. The second-order valence-corrected chi connectivity index (χ2v) is 7.52. The number of fused-ring (bicyclic) bond motifs is 1. The van der Waals surface area contributed by atoms with Crippen molar-refractivity contribution in [3.8, 4) is 17.2 Å². The van der Waals surface area contributed by atoms with Crippen molar-refractivity contribution in [1.29, 1.82) is 0 Å². The van der Waals surface area contributed by atoms with Gasteiger partial charge in [-0.3, -0.25) is 9.69 Å². The zero-order chi connectivity index (χ0) is 18.4. The molecule has 0 saturated carbocycles. The molecule has 0 amide bonds. The van der Waals surface area contributed by atoms with Crippen molar-refractivity contribution in [2.75, 3.05) is 6.54 Å². The molecule has 0 fully saturated rings. The van der Waals surface area contributed by atoms with Gasteiger partial charge in [0.25, 0.3) is 5.56 Å². The van der Waals surface area contributed by atoms with Crippen molar-refractivity contribution in [2.24, 2.45) is 0 Å². The Kier molecular flexibility index (Phi) is 4.20. The van der Waals surface area contributed by atoms with Crippen molar-refractivity contribution in [3.05, 3.63) is 45.1 Å². The molecule has 0 bridgehead atoms. The largest absolute Gasteiger partial charge is 0.507 e. The zero-order valence-corrected chi connectivity index (χ0v) is 14.6. The molecule has 134 valence electrons. The van der Waals surface area contributed by atoms with Gasteiger partial charge < -0.3 is 20.3 Å². The van der Waals surface area contributed by atoms with Gasteiger partial charge in [0.15, 0.2) is 11.5 Å². The third-order valence-electron chi connectivity index (χ3n) is 4.43. The molecule has 1 aromatic carbocycles. The average Bonchev–Trinajstić information content (AvgIpc) is 2.51. The van der Waals surface area contributed by atoms with Crippen LogP contribution in [0.4, 0.5) is 0 Å². The Morgan fingerprint density at radius 3 is 2.52 bits per heavy atom. The Morgan fingerprint density at radius 1 is 1.16 bits per heavy atom. The lowest BCUT2D eigenvalue weighted by Crippen LogP contribution is -2.36. The van der Waals surface area contributed by atoms with Gasteiger partial charge in [-0.1, -0.05) is 20.8 Å². The van der Waals surface area contributed by atoms with Crippen LogP contribution >= 0.6 is 0 Å². The van der Waals surface area contributed by atoms with Gasteiger partial charge in [-0.2, -0.15) is 0 Å². The molecule has 3 rings (SSSR count). The van der Waals surface area contributed by atoms with Gasteiger partial charge >= 0.3 is 0 Å². The second kappa shape index (κ2) is 6.07. The molecule has 0 aliphatic carbocycles. The van der Waals surface area contributed by atoms with E-state index in [0.29, 0.717) is 43.0 Å². The van der Waals surface area contributed by atoms with Gasteiger partial charge in [0.2, 0.25) is 0 Å². The minimum absolute atomic E-state index is 0.0738. The maximum Gasteiger partial charge on any atom is 0.254 e. The van der Waals surface area contributed by atoms with E-state index in [9.17, 15) is 20.1 Å². The first-order valence-corrected chi connectivity index (χ1v) is 8.24. The number of aromatic hydroxyl groups is 3. The first-order valence-electron chi connectivity index (χ1n) is 8.24. The van der Waals surface area contributed by atoms with E-state index in [-0.39, 0.29) is 28.2 Å². The van der Waals surface area contributed by atoms with Crippen LogP contribution in [0.15, 0.2) is 16.9 Å². The summed E-state index contributed by atoms with van der Waals surface area (Å²) in [7, 11) is 0. The summed E-state index contributed by atoms with van der Waals surface area (Å²) in [4.78, 5) is 21.9. The predicted octanol–water partition coefficient (Wildman–Crippen LogP) is 1.74. The number of rotatable bonds is 2. The highest BCUT2D eigenvalue weighted by atomic mass is 16.3. The van der Waals surface area contributed by atoms with E-state index in [1.165, 1.54) is 6.07 Å². The summed E-state index contributed by atoms with van der Waals surface area (Å²) < 4.78 is 0. The van der Waals surface area contributed by atoms with Crippen molar-refractivity contribution < 1.29 is 15.3 Å². The van der Waals surface area contributed by atoms with Crippen LogP contribution in [-0.4, -0.2) is 36.7 Å². The summed E-state index contributed by atoms with van der Waals surface area (Å²) >= 11 is 0. The lowest BCUT2D eigenvalue weighted by molar-refractivity contribution is 0.235. The van der Waals surface area contributed by atoms with Crippen LogP contribution in [0.5, 0.6) is 17.2 Å². The molecule has 7 heteroatoms. The average molecular weight is 345 g/mol. The van der Waals surface area contributed by atoms with Crippen LogP contribution in [0.2, 0.25) is 0 Å². The molecule has 7 nitrogen and oxygen atoms in total. The van der Waals surface area contributed by atoms with Crippen LogP contribution in [0.1, 0.15) is 43.4 Å². The number of aromatic amines is 1. The standard InChI is InChI=1S/C18H23N3O4/c1-18(2,3)17-19-12-9-21(5-4-11(12)16(25)20-17)8-10-6-14(23)15(24)7-13(10)22/h6-7,22-24H,4-5,8-9H2,1-3H3,(H,19,20,25). The number of nitrogens with zero attached hydrogens (tertiary/aromatic N) is 2. The van der Waals surface area contributed by atoms with Crippen molar-refractivity contribution in [1.82, 2.24) is 14.9 Å². The highest BCUT2D eigenvalue weighted by Crippen LogP contribution is 2.33. The van der Waals surface area contributed by atoms with E-state index in [2.05, 4.69) is 9.97 Å². The SMILES string of the molecule is CC(C)(C)c1nc2c(c(=O)[nH]1)CCN(Cc1cc(O)c(O)cc1O)C2. The molecule has 1 aliphatic heterocycles. The van der Waals surface area contributed by atoms with E-state index in [1.54, 1.807) is 0 Å². The molecule has 2 heterocycles. The van der Waals surface area contributed by atoms with Gasteiger partial charge in [-0.05, 0) is 12.5 Å². The number of hydrogen-bond acceptors (Lipinski definition) is 6. The Hall–Kier alpha value is -2.54. The monoisotopic (exact) mass is 345 g/mol. The Balaban J connectivity index is 1.87.